The van der Waals surface area contributed by atoms with Gasteiger partial charge in [-0.25, -0.2) is 14.6 Å². The van der Waals surface area contributed by atoms with Crippen molar-refractivity contribution in [1.29, 1.82) is 0 Å². The summed E-state index contributed by atoms with van der Waals surface area (Å²) >= 11 is 0. The third-order valence-corrected chi connectivity index (χ3v) is 5.32. The summed E-state index contributed by atoms with van der Waals surface area (Å²) in [4.78, 5) is 46.8. The molecule has 0 saturated carbocycles. The lowest BCUT2D eigenvalue weighted by Crippen LogP contribution is -2.52. The monoisotopic (exact) mass is 403 g/mol. The van der Waals surface area contributed by atoms with Crippen LogP contribution in [-0.4, -0.2) is 53.6 Å². The Hall–Kier alpha value is -3.95. The number of aromatic nitrogens is 5. The number of nitrogens with zero attached hydrogens (tertiary/aromatic N) is 6. The molecule has 10 heteroatoms. The third-order valence-electron chi connectivity index (χ3n) is 5.32. The molecular weight excluding hydrogens is 386 g/mol. The molecule has 1 saturated heterocycles. The minimum atomic E-state index is -0.664. The number of carbonyl (C=O) groups excluding carboxylic acids is 3. The van der Waals surface area contributed by atoms with Gasteiger partial charge in [0.2, 0.25) is 11.8 Å². The summed E-state index contributed by atoms with van der Waals surface area (Å²) in [6, 6.07) is 6.48. The Kier molecular flexibility index (Phi) is 4.12. The van der Waals surface area contributed by atoms with Crippen molar-refractivity contribution in [3.05, 3.63) is 53.5 Å². The summed E-state index contributed by atoms with van der Waals surface area (Å²) in [5.41, 5.74) is 3.31. The van der Waals surface area contributed by atoms with E-state index in [1.54, 1.807) is 35.3 Å². The van der Waals surface area contributed by atoms with Crippen LogP contribution in [0.15, 0.2) is 36.7 Å². The van der Waals surface area contributed by atoms with E-state index in [2.05, 4.69) is 25.6 Å². The van der Waals surface area contributed by atoms with E-state index in [1.807, 2.05) is 13.0 Å². The molecule has 4 heterocycles. The fourth-order valence-electron chi connectivity index (χ4n) is 3.84. The van der Waals surface area contributed by atoms with E-state index in [9.17, 15) is 14.4 Å². The van der Waals surface area contributed by atoms with Crippen LogP contribution < -0.4 is 5.32 Å². The molecule has 150 valence electrons. The Balaban J connectivity index is 1.48. The number of nitrogens with one attached hydrogen (secondary N) is 1. The highest BCUT2D eigenvalue weighted by molar-refractivity contribution is 6.05. The second-order valence-electron chi connectivity index (χ2n) is 7.27. The highest BCUT2D eigenvalue weighted by Crippen LogP contribution is 2.31. The van der Waals surface area contributed by atoms with E-state index in [0.29, 0.717) is 29.2 Å². The number of imide groups is 1. The second kappa shape index (κ2) is 6.83. The molecule has 1 fully saturated rings. The highest BCUT2D eigenvalue weighted by Gasteiger charge is 2.40. The van der Waals surface area contributed by atoms with Gasteiger partial charge in [-0.2, -0.15) is 0 Å². The minimum Gasteiger partial charge on any atom is -0.322 e. The lowest BCUT2D eigenvalue weighted by Gasteiger charge is -2.29. The number of rotatable bonds is 3. The molecule has 0 bridgehead atoms. The van der Waals surface area contributed by atoms with Gasteiger partial charge in [-0.05, 0) is 31.5 Å². The zero-order valence-corrected chi connectivity index (χ0v) is 16.1. The van der Waals surface area contributed by atoms with Crippen molar-refractivity contribution in [1.82, 2.24) is 35.2 Å². The van der Waals surface area contributed by atoms with Crippen LogP contribution in [0.4, 0.5) is 0 Å². The molecule has 1 aromatic carbocycles. The van der Waals surface area contributed by atoms with E-state index in [1.165, 1.54) is 4.90 Å². The molecule has 3 amide bonds. The number of hydrogen-bond donors (Lipinski definition) is 1. The number of amides is 3. The van der Waals surface area contributed by atoms with E-state index in [-0.39, 0.29) is 24.8 Å². The van der Waals surface area contributed by atoms with E-state index in [4.69, 9.17) is 0 Å². The standard InChI is InChI=1S/C20H17N7O3/c1-11-7-8-21-18(22-11)14-10-27(25-24-14)15-4-2-3-12-13(15)9-26(20(12)30)16-5-6-17(28)23-19(16)29/h2-4,7-8,10,16H,5-6,9H2,1H3,(H,23,28,29). The van der Waals surface area contributed by atoms with E-state index < -0.39 is 11.9 Å². The van der Waals surface area contributed by atoms with Crippen molar-refractivity contribution in [2.75, 3.05) is 0 Å². The maximum atomic E-state index is 13.0. The molecular formula is C20H17N7O3. The molecule has 1 atom stereocenters. The van der Waals surface area contributed by atoms with Crippen molar-refractivity contribution in [3.8, 4) is 17.2 Å². The zero-order valence-electron chi connectivity index (χ0n) is 16.1. The van der Waals surface area contributed by atoms with Crippen LogP contribution in [0.2, 0.25) is 0 Å². The van der Waals surface area contributed by atoms with Crippen molar-refractivity contribution in [2.45, 2.75) is 32.4 Å². The Labute approximate surface area is 170 Å². The van der Waals surface area contributed by atoms with Gasteiger partial charge in [0.15, 0.2) is 11.5 Å². The fraction of sp³-hybridized carbons (Fsp3) is 0.250. The van der Waals surface area contributed by atoms with Crippen LogP contribution in [0, 0.1) is 6.92 Å². The van der Waals surface area contributed by atoms with Gasteiger partial charge in [0.25, 0.3) is 5.91 Å². The molecule has 0 radical (unpaired) electrons. The number of piperidine rings is 1. The summed E-state index contributed by atoms with van der Waals surface area (Å²) in [5.74, 6) is -0.512. The SMILES string of the molecule is Cc1ccnc(-c2cn(-c3cccc4c3CN(C3CCC(=O)NC3=O)C4=O)nn2)n1. The highest BCUT2D eigenvalue weighted by atomic mass is 16.2. The van der Waals surface area contributed by atoms with Gasteiger partial charge in [0, 0.05) is 36.0 Å². The molecule has 10 nitrogen and oxygen atoms in total. The average Bonchev–Trinajstić information content (AvgIpc) is 3.34. The third kappa shape index (κ3) is 2.93. The predicted molar refractivity (Wildman–Crippen MR) is 103 cm³/mol. The lowest BCUT2D eigenvalue weighted by atomic mass is 10.0. The molecule has 0 aliphatic carbocycles. The van der Waals surface area contributed by atoms with Gasteiger partial charge in [0.1, 0.15) is 6.04 Å². The number of benzene rings is 1. The maximum absolute atomic E-state index is 13.0. The van der Waals surface area contributed by atoms with Crippen molar-refractivity contribution in [2.24, 2.45) is 0 Å². The van der Waals surface area contributed by atoms with Crippen LogP contribution in [0.25, 0.3) is 17.2 Å². The summed E-state index contributed by atoms with van der Waals surface area (Å²) < 4.78 is 1.58. The molecule has 0 spiro atoms. The molecule has 2 aliphatic rings. The summed E-state index contributed by atoms with van der Waals surface area (Å²) in [5, 5.41) is 10.7. The topological polar surface area (TPSA) is 123 Å². The number of carbonyl (C=O) groups is 3. The fourth-order valence-corrected chi connectivity index (χ4v) is 3.84. The van der Waals surface area contributed by atoms with Crippen molar-refractivity contribution < 1.29 is 14.4 Å². The Morgan fingerprint density at radius 2 is 2.03 bits per heavy atom. The quantitative estimate of drug-likeness (QED) is 0.642. The van der Waals surface area contributed by atoms with Crippen molar-refractivity contribution in [3.63, 3.8) is 0 Å². The van der Waals surface area contributed by atoms with Gasteiger partial charge >= 0.3 is 0 Å². The first-order valence-corrected chi connectivity index (χ1v) is 9.50. The Bertz CT molecular complexity index is 1200. The van der Waals surface area contributed by atoms with Gasteiger partial charge in [-0.1, -0.05) is 11.3 Å². The van der Waals surface area contributed by atoms with Crippen LogP contribution >= 0.6 is 0 Å². The van der Waals surface area contributed by atoms with Crippen LogP contribution in [-0.2, 0) is 16.1 Å². The normalized spacial score (nSPS) is 18.5. The molecule has 2 aliphatic heterocycles. The Morgan fingerprint density at radius 1 is 1.17 bits per heavy atom. The smallest absolute Gasteiger partial charge is 0.255 e. The second-order valence-corrected chi connectivity index (χ2v) is 7.27. The number of hydrogen-bond acceptors (Lipinski definition) is 7. The van der Waals surface area contributed by atoms with Gasteiger partial charge in [-0.15, -0.1) is 5.10 Å². The van der Waals surface area contributed by atoms with E-state index in [0.717, 1.165) is 11.3 Å². The van der Waals surface area contributed by atoms with E-state index >= 15 is 0 Å². The summed E-state index contributed by atoms with van der Waals surface area (Å²) in [6.07, 6.45) is 3.90. The first-order valence-electron chi connectivity index (χ1n) is 9.50. The largest absolute Gasteiger partial charge is 0.322 e. The first-order chi connectivity index (χ1) is 14.5. The molecule has 1 N–H and O–H groups in total. The van der Waals surface area contributed by atoms with Crippen molar-refractivity contribution >= 4 is 17.7 Å². The summed E-state index contributed by atoms with van der Waals surface area (Å²) in [6.45, 7) is 2.13. The first kappa shape index (κ1) is 18.1. The zero-order chi connectivity index (χ0) is 20.8. The van der Waals surface area contributed by atoms with Crippen LogP contribution in [0.1, 0.15) is 34.5 Å². The van der Waals surface area contributed by atoms with Crippen LogP contribution in [0.5, 0.6) is 0 Å². The molecule has 5 rings (SSSR count). The van der Waals surface area contributed by atoms with Gasteiger partial charge < -0.3 is 4.90 Å². The lowest BCUT2D eigenvalue weighted by molar-refractivity contribution is -0.136. The Morgan fingerprint density at radius 3 is 2.83 bits per heavy atom. The molecule has 3 aromatic rings. The number of aryl methyl sites for hydroxylation is 1. The minimum absolute atomic E-state index is 0.215. The molecule has 2 aromatic heterocycles. The number of fused-ring (bicyclic) bond motifs is 1. The van der Waals surface area contributed by atoms with Crippen LogP contribution in [0.3, 0.4) is 0 Å². The molecule has 30 heavy (non-hydrogen) atoms. The van der Waals surface area contributed by atoms with Gasteiger partial charge in [0.05, 0.1) is 11.9 Å². The van der Waals surface area contributed by atoms with Gasteiger partial charge in [-0.3, -0.25) is 19.7 Å². The molecule has 1 unspecified atom stereocenters. The summed E-state index contributed by atoms with van der Waals surface area (Å²) in [7, 11) is 0. The predicted octanol–water partition coefficient (Wildman–Crippen LogP) is 0.794. The average molecular weight is 403 g/mol. The maximum Gasteiger partial charge on any atom is 0.255 e.